The maximum Gasteiger partial charge on any atom is 0.303 e. The molecule has 19 heavy (non-hydrogen) atoms. The van der Waals surface area contributed by atoms with Gasteiger partial charge in [-0.15, -0.1) is 0 Å². The standard InChI is InChI=1S/C15H16ClNO2/c1-11(16)9-17-10-12(5-4-8-15(18)19)13-6-2-3-7-14(13)17/h2-3,6-7,10H,1,4-5,8-9H2,(H,18,19). The van der Waals surface area contributed by atoms with E-state index in [2.05, 4.69) is 17.2 Å². The van der Waals surface area contributed by atoms with E-state index in [9.17, 15) is 4.79 Å². The number of benzene rings is 1. The van der Waals surface area contributed by atoms with Gasteiger partial charge >= 0.3 is 5.97 Å². The Bertz CT molecular complexity index is 616. The normalized spacial score (nSPS) is 10.8. The van der Waals surface area contributed by atoms with Crippen molar-refractivity contribution >= 4 is 28.5 Å². The number of aryl methyl sites for hydroxylation is 1. The smallest absolute Gasteiger partial charge is 0.303 e. The van der Waals surface area contributed by atoms with Crippen LogP contribution in [-0.2, 0) is 17.8 Å². The lowest BCUT2D eigenvalue weighted by Crippen LogP contribution is -1.96. The third-order valence-electron chi connectivity index (χ3n) is 3.05. The lowest BCUT2D eigenvalue weighted by Gasteiger charge is -2.02. The Morgan fingerprint density at radius 2 is 2.11 bits per heavy atom. The molecule has 0 saturated carbocycles. The number of allylic oxidation sites excluding steroid dienone is 1. The molecule has 0 atom stereocenters. The number of halogens is 1. The average molecular weight is 278 g/mol. The van der Waals surface area contributed by atoms with Gasteiger partial charge in [0.2, 0.25) is 0 Å². The van der Waals surface area contributed by atoms with E-state index in [1.165, 1.54) is 0 Å². The fourth-order valence-electron chi connectivity index (χ4n) is 2.27. The number of hydrogen-bond donors (Lipinski definition) is 1. The quantitative estimate of drug-likeness (QED) is 0.873. The molecule has 0 radical (unpaired) electrons. The van der Waals surface area contributed by atoms with E-state index < -0.39 is 5.97 Å². The highest BCUT2D eigenvalue weighted by atomic mass is 35.5. The number of carbonyl (C=O) groups is 1. The first kappa shape index (κ1) is 13.7. The molecule has 0 amide bonds. The Hall–Kier alpha value is -1.74. The summed E-state index contributed by atoms with van der Waals surface area (Å²) in [5.41, 5.74) is 2.27. The number of carboxylic acid groups (broad SMARTS) is 1. The zero-order valence-corrected chi connectivity index (χ0v) is 11.4. The van der Waals surface area contributed by atoms with Crippen LogP contribution in [0.25, 0.3) is 10.9 Å². The number of aromatic nitrogens is 1. The van der Waals surface area contributed by atoms with Crippen LogP contribution < -0.4 is 0 Å². The zero-order chi connectivity index (χ0) is 13.8. The van der Waals surface area contributed by atoms with Crippen LogP contribution in [-0.4, -0.2) is 15.6 Å². The molecule has 100 valence electrons. The van der Waals surface area contributed by atoms with Gasteiger partial charge in [0.15, 0.2) is 0 Å². The molecule has 3 nitrogen and oxygen atoms in total. The van der Waals surface area contributed by atoms with Crippen LogP contribution in [0.1, 0.15) is 18.4 Å². The molecule has 1 aromatic carbocycles. The van der Waals surface area contributed by atoms with Gasteiger partial charge < -0.3 is 9.67 Å². The molecule has 1 heterocycles. The Labute approximate surface area is 117 Å². The fraction of sp³-hybridized carbons (Fsp3) is 0.267. The van der Waals surface area contributed by atoms with Gasteiger partial charge in [0, 0.05) is 28.6 Å². The summed E-state index contributed by atoms with van der Waals surface area (Å²) in [6, 6.07) is 8.06. The topological polar surface area (TPSA) is 42.2 Å². The van der Waals surface area contributed by atoms with Crippen molar-refractivity contribution in [3.8, 4) is 0 Å². The van der Waals surface area contributed by atoms with Crippen LogP contribution in [0, 0.1) is 0 Å². The third kappa shape index (κ3) is 3.38. The van der Waals surface area contributed by atoms with Crippen LogP contribution in [0.4, 0.5) is 0 Å². The van der Waals surface area contributed by atoms with Crippen LogP contribution in [0.5, 0.6) is 0 Å². The van der Waals surface area contributed by atoms with Crippen molar-refractivity contribution in [2.45, 2.75) is 25.8 Å². The second kappa shape index (κ2) is 5.93. The highest BCUT2D eigenvalue weighted by Crippen LogP contribution is 2.24. The lowest BCUT2D eigenvalue weighted by molar-refractivity contribution is -0.137. The van der Waals surface area contributed by atoms with E-state index in [0.29, 0.717) is 18.0 Å². The highest BCUT2D eigenvalue weighted by molar-refractivity contribution is 6.29. The predicted octanol–water partition coefficient (Wildman–Crippen LogP) is 3.80. The lowest BCUT2D eigenvalue weighted by atomic mass is 10.1. The summed E-state index contributed by atoms with van der Waals surface area (Å²) in [7, 11) is 0. The number of para-hydroxylation sites is 1. The summed E-state index contributed by atoms with van der Waals surface area (Å²) < 4.78 is 2.06. The van der Waals surface area contributed by atoms with Crippen molar-refractivity contribution in [1.82, 2.24) is 4.57 Å². The Balaban J connectivity index is 2.27. The highest BCUT2D eigenvalue weighted by Gasteiger charge is 2.08. The van der Waals surface area contributed by atoms with Crippen molar-refractivity contribution in [1.29, 1.82) is 0 Å². The number of aliphatic carboxylic acids is 1. The van der Waals surface area contributed by atoms with Crippen LogP contribution in [0.15, 0.2) is 42.1 Å². The van der Waals surface area contributed by atoms with Gasteiger partial charge in [0.05, 0.1) is 6.54 Å². The predicted molar refractivity (Wildman–Crippen MR) is 77.5 cm³/mol. The van der Waals surface area contributed by atoms with E-state index in [-0.39, 0.29) is 6.42 Å². The van der Waals surface area contributed by atoms with Crippen molar-refractivity contribution in [2.75, 3.05) is 0 Å². The largest absolute Gasteiger partial charge is 0.481 e. The molecule has 1 aromatic heterocycles. The van der Waals surface area contributed by atoms with Crippen molar-refractivity contribution in [2.24, 2.45) is 0 Å². The summed E-state index contributed by atoms with van der Waals surface area (Å²) >= 11 is 5.87. The minimum absolute atomic E-state index is 0.196. The first-order chi connectivity index (χ1) is 9.08. The van der Waals surface area contributed by atoms with Gasteiger partial charge in [0.1, 0.15) is 0 Å². The number of carboxylic acids is 1. The Kier molecular flexibility index (Phi) is 4.27. The van der Waals surface area contributed by atoms with Gasteiger partial charge in [-0.2, -0.15) is 0 Å². The molecular weight excluding hydrogens is 262 g/mol. The second-order valence-corrected chi connectivity index (χ2v) is 5.10. The zero-order valence-electron chi connectivity index (χ0n) is 10.6. The molecule has 4 heteroatoms. The molecule has 1 N–H and O–H groups in total. The van der Waals surface area contributed by atoms with Crippen LogP contribution >= 0.6 is 11.6 Å². The number of nitrogens with zero attached hydrogens (tertiary/aromatic N) is 1. The second-order valence-electron chi connectivity index (χ2n) is 4.56. The number of hydrogen-bond acceptors (Lipinski definition) is 1. The summed E-state index contributed by atoms with van der Waals surface area (Å²) in [4.78, 5) is 10.6. The van der Waals surface area contributed by atoms with Gasteiger partial charge in [0.25, 0.3) is 0 Å². The SMILES string of the molecule is C=C(Cl)Cn1cc(CCCC(=O)O)c2ccccc21. The summed E-state index contributed by atoms with van der Waals surface area (Å²) in [6.07, 6.45) is 3.64. The molecule has 0 unspecified atom stereocenters. The average Bonchev–Trinajstić information content (AvgIpc) is 2.67. The van der Waals surface area contributed by atoms with Crippen LogP contribution in [0.2, 0.25) is 0 Å². The van der Waals surface area contributed by atoms with E-state index in [4.69, 9.17) is 16.7 Å². The molecule has 0 aliphatic rings. The fourth-order valence-corrected chi connectivity index (χ4v) is 2.40. The van der Waals surface area contributed by atoms with Gasteiger partial charge in [-0.3, -0.25) is 4.79 Å². The van der Waals surface area contributed by atoms with Gasteiger partial charge in [-0.25, -0.2) is 0 Å². The molecular formula is C15H16ClNO2. The van der Waals surface area contributed by atoms with E-state index in [1.807, 2.05) is 24.4 Å². The molecule has 0 bridgehead atoms. The van der Waals surface area contributed by atoms with Crippen molar-refractivity contribution < 1.29 is 9.90 Å². The first-order valence-electron chi connectivity index (χ1n) is 6.19. The van der Waals surface area contributed by atoms with E-state index >= 15 is 0 Å². The molecule has 0 aliphatic heterocycles. The first-order valence-corrected chi connectivity index (χ1v) is 6.57. The maximum absolute atomic E-state index is 10.6. The minimum atomic E-state index is -0.752. The van der Waals surface area contributed by atoms with Gasteiger partial charge in [-0.05, 0) is 24.5 Å². The van der Waals surface area contributed by atoms with Crippen molar-refractivity contribution in [3.05, 3.63) is 47.6 Å². The molecule has 2 aromatic rings. The number of rotatable bonds is 6. The molecule has 0 spiro atoms. The van der Waals surface area contributed by atoms with E-state index in [1.54, 1.807) is 0 Å². The minimum Gasteiger partial charge on any atom is -0.481 e. The van der Waals surface area contributed by atoms with E-state index in [0.717, 1.165) is 22.9 Å². The Morgan fingerprint density at radius 1 is 1.37 bits per heavy atom. The van der Waals surface area contributed by atoms with Crippen LogP contribution in [0.3, 0.4) is 0 Å². The molecule has 2 rings (SSSR count). The molecule has 0 fully saturated rings. The summed E-state index contributed by atoms with van der Waals surface area (Å²) in [5, 5.41) is 10.4. The van der Waals surface area contributed by atoms with Crippen molar-refractivity contribution in [3.63, 3.8) is 0 Å². The number of fused-ring (bicyclic) bond motifs is 1. The molecule has 0 aliphatic carbocycles. The maximum atomic E-state index is 10.6. The Morgan fingerprint density at radius 3 is 2.79 bits per heavy atom. The monoisotopic (exact) mass is 277 g/mol. The third-order valence-corrected chi connectivity index (χ3v) is 3.17. The molecule has 0 saturated heterocycles. The summed E-state index contributed by atoms with van der Waals surface area (Å²) in [6.45, 7) is 4.29. The van der Waals surface area contributed by atoms with Gasteiger partial charge in [-0.1, -0.05) is 36.4 Å². The summed E-state index contributed by atoms with van der Waals surface area (Å²) in [5.74, 6) is -0.752.